The predicted molar refractivity (Wildman–Crippen MR) is 84.6 cm³/mol. The smallest absolute Gasteiger partial charge is 0.0700 e. The molecule has 0 heterocycles. The first-order chi connectivity index (χ1) is 9.63. The summed E-state index contributed by atoms with van der Waals surface area (Å²) >= 11 is 5.95. The molecule has 4 heteroatoms. The van der Waals surface area contributed by atoms with Crippen LogP contribution >= 0.6 is 11.6 Å². The highest BCUT2D eigenvalue weighted by atomic mass is 35.5. The molecule has 0 fully saturated rings. The molecule has 1 rings (SSSR count). The highest BCUT2D eigenvalue weighted by Crippen LogP contribution is 2.21. The summed E-state index contributed by atoms with van der Waals surface area (Å²) in [6, 6.07) is 8.59. The number of benzene rings is 1. The number of methoxy groups -OCH3 is 1. The van der Waals surface area contributed by atoms with E-state index in [4.69, 9.17) is 21.1 Å². The summed E-state index contributed by atoms with van der Waals surface area (Å²) in [6.07, 6.45) is 0.991. The molecular formula is C16H26ClNO2. The molecule has 1 N–H and O–H groups in total. The first-order valence-electron chi connectivity index (χ1n) is 7.19. The fourth-order valence-electron chi connectivity index (χ4n) is 1.97. The lowest BCUT2D eigenvalue weighted by Crippen LogP contribution is -2.28. The number of nitrogens with one attached hydrogen (secondary N) is 1. The number of rotatable bonds is 10. The first kappa shape index (κ1) is 17.4. The molecule has 0 aliphatic rings. The molecule has 1 atom stereocenters. The minimum atomic E-state index is 0.442. The first-order valence-corrected chi connectivity index (χ1v) is 7.56. The lowest BCUT2D eigenvalue weighted by atomic mass is 9.96. The summed E-state index contributed by atoms with van der Waals surface area (Å²) in [5, 5.41) is 4.28. The Labute approximate surface area is 127 Å². The van der Waals surface area contributed by atoms with Crippen LogP contribution in [0.2, 0.25) is 5.02 Å². The molecule has 0 aromatic heterocycles. The Bertz CT molecular complexity index is 354. The molecule has 0 amide bonds. The molecule has 0 saturated heterocycles. The molecule has 0 bridgehead atoms. The van der Waals surface area contributed by atoms with Crippen LogP contribution in [0, 0.1) is 0 Å². The van der Waals surface area contributed by atoms with Crippen LogP contribution in [0.1, 0.15) is 31.7 Å². The summed E-state index contributed by atoms with van der Waals surface area (Å²) < 4.78 is 10.6. The van der Waals surface area contributed by atoms with Crippen molar-refractivity contribution in [3.63, 3.8) is 0 Å². The van der Waals surface area contributed by atoms with Gasteiger partial charge < -0.3 is 14.8 Å². The second-order valence-corrected chi connectivity index (χ2v) is 5.64. The quantitative estimate of drug-likeness (QED) is 0.671. The van der Waals surface area contributed by atoms with Gasteiger partial charge in [-0.3, -0.25) is 0 Å². The van der Waals surface area contributed by atoms with Crippen LogP contribution in [0.4, 0.5) is 0 Å². The van der Waals surface area contributed by atoms with Crippen molar-refractivity contribution in [1.29, 1.82) is 0 Å². The Balaban J connectivity index is 2.49. The molecule has 0 spiro atoms. The van der Waals surface area contributed by atoms with Gasteiger partial charge in [-0.25, -0.2) is 0 Å². The number of hydrogen-bond donors (Lipinski definition) is 1. The number of hydrogen-bond acceptors (Lipinski definition) is 3. The molecule has 0 saturated carbocycles. The number of halogens is 1. The van der Waals surface area contributed by atoms with Crippen molar-refractivity contribution in [2.75, 3.05) is 33.5 Å². The zero-order valence-electron chi connectivity index (χ0n) is 12.7. The number of ether oxygens (including phenoxy) is 2. The van der Waals surface area contributed by atoms with E-state index in [1.165, 1.54) is 5.56 Å². The van der Waals surface area contributed by atoms with E-state index in [9.17, 15) is 0 Å². The van der Waals surface area contributed by atoms with Gasteiger partial charge in [0.15, 0.2) is 0 Å². The van der Waals surface area contributed by atoms with E-state index < -0.39 is 0 Å². The van der Waals surface area contributed by atoms with Gasteiger partial charge in [-0.1, -0.05) is 37.6 Å². The maximum atomic E-state index is 5.95. The van der Waals surface area contributed by atoms with Crippen molar-refractivity contribution in [2.24, 2.45) is 0 Å². The van der Waals surface area contributed by atoms with Gasteiger partial charge in [0.2, 0.25) is 0 Å². The maximum absolute atomic E-state index is 5.95. The van der Waals surface area contributed by atoms with Gasteiger partial charge in [-0.05, 0) is 30.0 Å². The van der Waals surface area contributed by atoms with Crippen molar-refractivity contribution in [3.8, 4) is 0 Å². The van der Waals surface area contributed by atoms with E-state index >= 15 is 0 Å². The molecule has 114 valence electrons. The average Bonchev–Trinajstić information content (AvgIpc) is 2.43. The molecular weight excluding hydrogens is 274 g/mol. The fraction of sp³-hybridized carbons (Fsp3) is 0.625. The van der Waals surface area contributed by atoms with Gasteiger partial charge in [-0.2, -0.15) is 0 Å². The molecule has 1 aromatic rings. The normalized spacial score (nSPS) is 12.8. The Morgan fingerprint density at radius 1 is 1.10 bits per heavy atom. The Morgan fingerprint density at radius 3 is 2.40 bits per heavy atom. The summed E-state index contributed by atoms with van der Waals surface area (Å²) in [5.74, 6) is 0.442. The second kappa shape index (κ2) is 10.2. The van der Waals surface area contributed by atoms with E-state index in [0.717, 1.165) is 24.6 Å². The van der Waals surface area contributed by atoms with Crippen molar-refractivity contribution in [2.45, 2.75) is 32.2 Å². The molecule has 0 aliphatic carbocycles. The summed E-state index contributed by atoms with van der Waals surface area (Å²) in [5.41, 5.74) is 1.30. The molecule has 3 nitrogen and oxygen atoms in total. The van der Waals surface area contributed by atoms with Gasteiger partial charge >= 0.3 is 0 Å². The van der Waals surface area contributed by atoms with Crippen molar-refractivity contribution >= 4 is 11.6 Å². The van der Waals surface area contributed by atoms with Gasteiger partial charge in [0.05, 0.1) is 13.2 Å². The summed E-state index contributed by atoms with van der Waals surface area (Å²) in [4.78, 5) is 0. The van der Waals surface area contributed by atoms with Gasteiger partial charge in [0, 0.05) is 31.3 Å². The van der Waals surface area contributed by atoms with Crippen LogP contribution in [0.5, 0.6) is 0 Å². The third-order valence-corrected chi connectivity index (χ3v) is 3.41. The standard InChI is InChI=1S/C16H26ClNO2/c1-13(2)18-12-15(8-9-20-11-10-19-3)14-4-6-16(17)7-5-14/h4-7,13,15,18H,8-12H2,1-3H3. The van der Waals surface area contributed by atoms with Crippen LogP contribution < -0.4 is 5.32 Å². The van der Waals surface area contributed by atoms with Crippen molar-refractivity contribution < 1.29 is 9.47 Å². The van der Waals surface area contributed by atoms with E-state index in [2.05, 4.69) is 31.3 Å². The SMILES string of the molecule is COCCOCCC(CNC(C)C)c1ccc(Cl)cc1. The largest absolute Gasteiger partial charge is 0.382 e. The van der Waals surface area contributed by atoms with E-state index in [1.807, 2.05) is 12.1 Å². The van der Waals surface area contributed by atoms with Crippen LogP contribution in [0.15, 0.2) is 24.3 Å². The second-order valence-electron chi connectivity index (χ2n) is 5.21. The molecule has 0 radical (unpaired) electrons. The average molecular weight is 300 g/mol. The Kier molecular flexibility index (Phi) is 8.86. The molecule has 0 aliphatic heterocycles. The Morgan fingerprint density at radius 2 is 1.80 bits per heavy atom. The molecule has 1 aromatic carbocycles. The van der Waals surface area contributed by atoms with E-state index in [-0.39, 0.29) is 0 Å². The van der Waals surface area contributed by atoms with Gasteiger partial charge in [0.1, 0.15) is 0 Å². The monoisotopic (exact) mass is 299 g/mol. The molecule has 1 unspecified atom stereocenters. The van der Waals surface area contributed by atoms with Gasteiger partial charge in [-0.15, -0.1) is 0 Å². The van der Waals surface area contributed by atoms with Crippen LogP contribution in [-0.2, 0) is 9.47 Å². The van der Waals surface area contributed by atoms with E-state index in [0.29, 0.717) is 25.2 Å². The van der Waals surface area contributed by atoms with Gasteiger partial charge in [0.25, 0.3) is 0 Å². The van der Waals surface area contributed by atoms with Crippen LogP contribution in [0.3, 0.4) is 0 Å². The minimum Gasteiger partial charge on any atom is -0.382 e. The zero-order valence-corrected chi connectivity index (χ0v) is 13.5. The van der Waals surface area contributed by atoms with Crippen LogP contribution in [-0.4, -0.2) is 39.5 Å². The molecule has 20 heavy (non-hydrogen) atoms. The lowest BCUT2D eigenvalue weighted by Gasteiger charge is -2.20. The fourth-order valence-corrected chi connectivity index (χ4v) is 2.10. The third kappa shape index (κ3) is 7.25. The van der Waals surface area contributed by atoms with Crippen molar-refractivity contribution in [3.05, 3.63) is 34.9 Å². The van der Waals surface area contributed by atoms with Crippen molar-refractivity contribution in [1.82, 2.24) is 5.32 Å². The summed E-state index contributed by atoms with van der Waals surface area (Å²) in [7, 11) is 1.69. The summed E-state index contributed by atoms with van der Waals surface area (Å²) in [6.45, 7) is 7.32. The van der Waals surface area contributed by atoms with Crippen LogP contribution in [0.25, 0.3) is 0 Å². The highest BCUT2D eigenvalue weighted by Gasteiger charge is 2.12. The zero-order chi connectivity index (χ0) is 14.8. The van der Waals surface area contributed by atoms with E-state index in [1.54, 1.807) is 7.11 Å². The highest BCUT2D eigenvalue weighted by molar-refractivity contribution is 6.30. The topological polar surface area (TPSA) is 30.5 Å². The predicted octanol–water partition coefficient (Wildman–Crippen LogP) is 3.47. The minimum absolute atomic E-state index is 0.442. The maximum Gasteiger partial charge on any atom is 0.0700 e. The third-order valence-electron chi connectivity index (χ3n) is 3.16. The Hall–Kier alpha value is -0.610. The lowest BCUT2D eigenvalue weighted by molar-refractivity contribution is 0.0669.